The van der Waals surface area contributed by atoms with Crippen LogP contribution >= 0.6 is 0 Å². The quantitative estimate of drug-likeness (QED) is 0.603. The number of aromatic nitrogens is 1. The number of hydrogen-bond donors (Lipinski definition) is 0. The van der Waals surface area contributed by atoms with Crippen molar-refractivity contribution in [2.75, 3.05) is 6.61 Å². The highest BCUT2D eigenvalue weighted by atomic mass is 16.5. The molecule has 0 unspecified atom stereocenters. The van der Waals surface area contributed by atoms with Crippen molar-refractivity contribution in [1.82, 2.24) is 4.98 Å². The van der Waals surface area contributed by atoms with Gasteiger partial charge in [0.05, 0.1) is 23.3 Å². The SMILES string of the molecule is CCOC(=O)C(C)(C)C=C(C#N)c1ccccn1. The molecule has 0 N–H and O–H groups in total. The van der Waals surface area contributed by atoms with Gasteiger partial charge in [-0.25, -0.2) is 0 Å². The van der Waals surface area contributed by atoms with Crippen LogP contribution in [-0.4, -0.2) is 17.6 Å². The molecule has 4 heteroatoms. The Labute approximate surface area is 107 Å². The number of hydrogen-bond acceptors (Lipinski definition) is 4. The predicted octanol–water partition coefficient (Wildman–Crippen LogP) is 2.58. The molecule has 18 heavy (non-hydrogen) atoms. The zero-order valence-corrected chi connectivity index (χ0v) is 10.8. The van der Waals surface area contributed by atoms with Gasteiger partial charge in [0.25, 0.3) is 0 Å². The van der Waals surface area contributed by atoms with E-state index in [9.17, 15) is 4.79 Å². The third-order valence-electron chi connectivity index (χ3n) is 2.37. The zero-order chi connectivity index (χ0) is 13.6. The van der Waals surface area contributed by atoms with E-state index in [-0.39, 0.29) is 5.97 Å². The van der Waals surface area contributed by atoms with Crippen LogP contribution in [0.15, 0.2) is 30.5 Å². The minimum absolute atomic E-state index is 0.321. The summed E-state index contributed by atoms with van der Waals surface area (Å²) in [5, 5.41) is 9.14. The van der Waals surface area contributed by atoms with E-state index in [0.29, 0.717) is 17.9 Å². The minimum Gasteiger partial charge on any atom is -0.465 e. The van der Waals surface area contributed by atoms with Gasteiger partial charge in [-0.1, -0.05) is 6.07 Å². The lowest BCUT2D eigenvalue weighted by Gasteiger charge is -2.18. The second-order valence-electron chi connectivity index (χ2n) is 4.33. The molecule has 94 valence electrons. The van der Waals surface area contributed by atoms with Gasteiger partial charge < -0.3 is 4.74 Å². The Morgan fingerprint density at radius 2 is 2.28 bits per heavy atom. The van der Waals surface area contributed by atoms with Gasteiger partial charge >= 0.3 is 5.97 Å². The Kier molecular flexibility index (Phi) is 4.61. The Bertz CT molecular complexity index is 484. The lowest BCUT2D eigenvalue weighted by atomic mass is 9.90. The molecule has 0 spiro atoms. The molecule has 0 aliphatic carbocycles. The summed E-state index contributed by atoms with van der Waals surface area (Å²) in [4.78, 5) is 15.8. The van der Waals surface area contributed by atoms with Gasteiger partial charge in [0.2, 0.25) is 0 Å². The van der Waals surface area contributed by atoms with E-state index in [1.54, 1.807) is 51.2 Å². The van der Waals surface area contributed by atoms with Crippen LogP contribution in [-0.2, 0) is 9.53 Å². The molecule has 1 heterocycles. The summed E-state index contributed by atoms with van der Waals surface area (Å²) >= 11 is 0. The van der Waals surface area contributed by atoms with Crippen LogP contribution in [0.3, 0.4) is 0 Å². The molecule has 1 aromatic rings. The third-order valence-corrected chi connectivity index (χ3v) is 2.37. The van der Waals surface area contributed by atoms with Crippen LogP contribution in [0.4, 0.5) is 0 Å². The van der Waals surface area contributed by atoms with Gasteiger partial charge in [-0.3, -0.25) is 9.78 Å². The summed E-state index contributed by atoms with van der Waals surface area (Å²) in [6, 6.07) is 7.36. The van der Waals surface area contributed by atoms with Crippen LogP contribution in [0.1, 0.15) is 26.5 Å². The second kappa shape index (κ2) is 5.97. The summed E-state index contributed by atoms with van der Waals surface area (Å²) in [7, 11) is 0. The van der Waals surface area contributed by atoms with E-state index in [0.717, 1.165) is 0 Å². The molecule has 0 fully saturated rings. The molecule has 0 radical (unpaired) electrons. The fourth-order valence-electron chi connectivity index (χ4n) is 1.42. The molecule has 0 aliphatic heterocycles. The van der Waals surface area contributed by atoms with Crippen LogP contribution < -0.4 is 0 Å². The summed E-state index contributed by atoms with van der Waals surface area (Å²) in [6.45, 7) is 5.50. The van der Waals surface area contributed by atoms with E-state index >= 15 is 0 Å². The highest BCUT2D eigenvalue weighted by Crippen LogP contribution is 2.24. The summed E-state index contributed by atoms with van der Waals surface area (Å²) in [5.74, 6) is -0.353. The van der Waals surface area contributed by atoms with Crippen molar-refractivity contribution >= 4 is 11.5 Å². The van der Waals surface area contributed by atoms with Gasteiger partial charge in [0.15, 0.2) is 0 Å². The maximum absolute atomic E-state index is 11.8. The average Bonchev–Trinajstić information content (AvgIpc) is 2.37. The number of carbonyl (C=O) groups excluding carboxylic acids is 1. The normalized spacial score (nSPS) is 11.8. The molecule has 0 amide bonds. The smallest absolute Gasteiger partial charge is 0.315 e. The summed E-state index contributed by atoms with van der Waals surface area (Å²) in [6.07, 6.45) is 3.20. The molecule has 0 aliphatic rings. The Morgan fingerprint density at radius 1 is 1.56 bits per heavy atom. The largest absolute Gasteiger partial charge is 0.465 e. The topological polar surface area (TPSA) is 63.0 Å². The van der Waals surface area contributed by atoms with Crippen molar-refractivity contribution < 1.29 is 9.53 Å². The molecule has 0 saturated heterocycles. The first kappa shape index (κ1) is 13.9. The van der Waals surface area contributed by atoms with Gasteiger partial charge in [-0.05, 0) is 39.0 Å². The maximum Gasteiger partial charge on any atom is 0.315 e. The van der Waals surface area contributed by atoms with Gasteiger partial charge in [0, 0.05) is 6.20 Å². The molecule has 1 aromatic heterocycles. The fourth-order valence-corrected chi connectivity index (χ4v) is 1.42. The second-order valence-corrected chi connectivity index (χ2v) is 4.33. The van der Waals surface area contributed by atoms with Crippen LogP contribution in [0.5, 0.6) is 0 Å². The van der Waals surface area contributed by atoms with Gasteiger partial charge in [-0.2, -0.15) is 5.26 Å². The number of esters is 1. The first-order valence-corrected chi connectivity index (χ1v) is 5.73. The standard InChI is InChI=1S/C14H16N2O2/c1-4-18-13(17)14(2,3)9-11(10-15)12-7-5-6-8-16-12/h5-9H,4H2,1-3H3. The molecule has 0 aromatic carbocycles. The number of allylic oxidation sites excluding steroid dienone is 1. The first-order chi connectivity index (χ1) is 8.51. The number of carbonyl (C=O) groups is 1. The van der Waals surface area contributed by atoms with E-state index in [1.807, 2.05) is 0 Å². The highest BCUT2D eigenvalue weighted by molar-refractivity contribution is 5.84. The minimum atomic E-state index is -0.849. The average molecular weight is 244 g/mol. The molecular formula is C14H16N2O2. The monoisotopic (exact) mass is 244 g/mol. The summed E-state index contributed by atoms with van der Waals surface area (Å²) in [5.41, 5.74) is 0.0736. The van der Waals surface area contributed by atoms with Gasteiger partial charge in [0.1, 0.15) is 6.07 Å². The third kappa shape index (κ3) is 3.42. The zero-order valence-electron chi connectivity index (χ0n) is 10.8. The molecule has 1 rings (SSSR count). The number of pyridine rings is 1. The van der Waals surface area contributed by atoms with Crippen molar-refractivity contribution in [2.24, 2.45) is 5.41 Å². The van der Waals surface area contributed by atoms with Crippen molar-refractivity contribution in [3.8, 4) is 6.07 Å². The van der Waals surface area contributed by atoms with Crippen molar-refractivity contribution in [3.05, 3.63) is 36.2 Å². The number of nitrogens with zero attached hydrogens (tertiary/aromatic N) is 2. The number of nitriles is 1. The molecular weight excluding hydrogens is 228 g/mol. The number of rotatable bonds is 4. The number of ether oxygens (including phenoxy) is 1. The van der Waals surface area contributed by atoms with Crippen LogP contribution in [0, 0.1) is 16.7 Å². The van der Waals surface area contributed by atoms with Crippen molar-refractivity contribution in [3.63, 3.8) is 0 Å². The summed E-state index contributed by atoms with van der Waals surface area (Å²) < 4.78 is 4.97. The molecule has 0 saturated carbocycles. The predicted molar refractivity (Wildman–Crippen MR) is 68.2 cm³/mol. The Morgan fingerprint density at radius 3 is 2.78 bits per heavy atom. The molecule has 0 atom stereocenters. The lowest BCUT2D eigenvalue weighted by Crippen LogP contribution is -2.24. The molecule has 4 nitrogen and oxygen atoms in total. The maximum atomic E-state index is 11.8. The van der Waals surface area contributed by atoms with Crippen LogP contribution in [0.2, 0.25) is 0 Å². The highest BCUT2D eigenvalue weighted by Gasteiger charge is 2.27. The van der Waals surface area contributed by atoms with Gasteiger partial charge in [-0.15, -0.1) is 0 Å². The Hall–Kier alpha value is -2.15. The Balaban J connectivity index is 3.06. The van der Waals surface area contributed by atoms with Crippen LogP contribution in [0.25, 0.3) is 5.57 Å². The van der Waals surface area contributed by atoms with E-state index < -0.39 is 5.41 Å². The molecule has 0 bridgehead atoms. The van der Waals surface area contributed by atoms with E-state index in [2.05, 4.69) is 11.1 Å². The fraction of sp³-hybridized carbons (Fsp3) is 0.357. The van der Waals surface area contributed by atoms with Crippen molar-refractivity contribution in [2.45, 2.75) is 20.8 Å². The lowest BCUT2D eigenvalue weighted by molar-refractivity contribution is -0.150. The van der Waals surface area contributed by atoms with Crippen molar-refractivity contribution in [1.29, 1.82) is 5.26 Å². The van der Waals surface area contributed by atoms with E-state index in [1.165, 1.54) is 0 Å². The first-order valence-electron chi connectivity index (χ1n) is 5.73. The van der Waals surface area contributed by atoms with E-state index in [4.69, 9.17) is 10.00 Å².